The first-order valence-electron chi connectivity index (χ1n) is 4.60. The van der Waals surface area contributed by atoms with Crippen LogP contribution in [0.4, 0.5) is 0 Å². The third-order valence-electron chi connectivity index (χ3n) is 2.35. The summed E-state index contributed by atoms with van der Waals surface area (Å²) in [6.45, 7) is 0. The molecule has 0 N–H and O–H groups in total. The Kier molecular flexibility index (Phi) is 1.51. The van der Waals surface area contributed by atoms with Gasteiger partial charge in [0.2, 0.25) is 0 Å². The standard InChI is InChI=1S/C13H8N/c1-3-7-12-10(5-1)9-11-6-2-4-8-13(11)14-12/h1-7,9H. The molecule has 1 heterocycles. The van der Waals surface area contributed by atoms with Crippen LogP contribution in [0.15, 0.2) is 48.5 Å². The van der Waals surface area contributed by atoms with Gasteiger partial charge in [-0.1, -0.05) is 36.4 Å². The number of hydrogen-bond donors (Lipinski definition) is 0. The Hall–Kier alpha value is -1.89. The monoisotopic (exact) mass is 178 g/mol. The van der Waals surface area contributed by atoms with Crippen LogP contribution in [-0.4, -0.2) is 4.98 Å². The van der Waals surface area contributed by atoms with Gasteiger partial charge < -0.3 is 0 Å². The van der Waals surface area contributed by atoms with Crippen molar-refractivity contribution < 1.29 is 0 Å². The zero-order valence-corrected chi connectivity index (χ0v) is 7.57. The fraction of sp³-hybridized carbons (Fsp3) is 0. The quantitative estimate of drug-likeness (QED) is 0.482. The van der Waals surface area contributed by atoms with Crippen molar-refractivity contribution in [1.29, 1.82) is 0 Å². The van der Waals surface area contributed by atoms with E-state index in [0.29, 0.717) is 0 Å². The van der Waals surface area contributed by atoms with Crippen LogP contribution in [0, 0.1) is 6.07 Å². The molecule has 0 aliphatic rings. The minimum Gasteiger partial charge on any atom is -0.247 e. The number of rotatable bonds is 0. The van der Waals surface area contributed by atoms with Crippen molar-refractivity contribution in [1.82, 2.24) is 4.98 Å². The second kappa shape index (κ2) is 2.81. The van der Waals surface area contributed by atoms with Crippen LogP contribution in [0.5, 0.6) is 0 Å². The second-order valence-electron chi connectivity index (χ2n) is 3.29. The fourth-order valence-electron chi connectivity index (χ4n) is 1.65. The van der Waals surface area contributed by atoms with Gasteiger partial charge in [0.25, 0.3) is 0 Å². The van der Waals surface area contributed by atoms with Crippen molar-refractivity contribution in [3.63, 3.8) is 0 Å². The summed E-state index contributed by atoms with van der Waals surface area (Å²) in [6.07, 6.45) is 0. The lowest BCUT2D eigenvalue weighted by Crippen LogP contribution is -1.81. The van der Waals surface area contributed by atoms with Crippen LogP contribution in [0.2, 0.25) is 0 Å². The molecule has 0 aliphatic carbocycles. The molecule has 0 spiro atoms. The highest BCUT2D eigenvalue weighted by Crippen LogP contribution is 2.18. The third kappa shape index (κ3) is 1.06. The molecule has 0 fully saturated rings. The number of para-hydroxylation sites is 2. The highest BCUT2D eigenvalue weighted by molar-refractivity contribution is 5.92. The highest BCUT2D eigenvalue weighted by Gasteiger charge is 1.97. The van der Waals surface area contributed by atoms with E-state index in [1.807, 2.05) is 30.3 Å². The van der Waals surface area contributed by atoms with Gasteiger partial charge in [-0.25, -0.2) is 4.98 Å². The van der Waals surface area contributed by atoms with Gasteiger partial charge in [0.15, 0.2) is 0 Å². The summed E-state index contributed by atoms with van der Waals surface area (Å²) in [5, 5.41) is 2.32. The molecule has 3 aromatic rings. The number of fused-ring (bicyclic) bond motifs is 2. The molecule has 0 amide bonds. The molecule has 1 heteroatoms. The van der Waals surface area contributed by atoms with Crippen molar-refractivity contribution >= 4 is 21.8 Å². The normalized spacial score (nSPS) is 10.9. The molecule has 65 valence electrons. The van der Waals surface area contributed by atoms with Gasteiger partial charge >= 0.3 is 0 Å². The minimum absolute atomic E-state index is 0.936. The van der Waals surface area contributed by atoms with Crippen LogP contribution < -0.4 is 0 Å². The maximum atomic E-state index is 4.52. The Labute approximate surface area is 82.0 Å². The molecule has 1 radical (unpaired) electrons. The molecule has 0 saturated carbocycles. The number of hydrogen-bond acceptors (Lipinski definition) is 1. The Morgan fingerprint density at radius 3 is 2.79 bits per heavy atom. The molecule has 0 atom stereocenters. The van der Waals surface area contributed by atoms with E-state index in [2.05, 4.69) is 29.2 Å². The van der Waals surface area contributed by atoms with Gasteiger partial charge in [-0.3, -0.25) is 0 Å². The first-order valence-corrected chi connectivity index (χ1v) is 4.60. The molecule has 14 heavy (non-hydrogen) atoms. The zero-order chi connectivity index (χ0) is 9.38. The molecule has 0 unspecified atom stereocenters. The van der Waals surface area contributed by atoms with E-state index in [0.717, 1.165) is 16.4 Å². The number of nitrogens with zero attached hydrogens (tertiary/aromatic N) is 1. The maximum absolute atomic E-state index is 4.52. The van der Waals surface area contributed by atoms with E-state index >= 15 is 0 Å². The van der Waals surface area contributed by atoms with Crippen LogP contribution in [0.3, 0.4) is 0 Å². The smallest absolute Gasteiger partial charge is 0.0788 e. The molecule has 1 nitrogen and oxygen atoms in total. The molecule has 0 aliphatic heterocycles. The predicted octanol–water partition coefficient (Wildman–Crippen LogP) is 3.19. The van der Waals surface area contributed by atoms with Gasteiger partial charge in [0.1, 0.15) is 0 Å². The average molecular weight is 178 g/mol. The van der Waals surface area contributed by atoms with Crippen LogP contribution in [0.1, 0.15) is 0 Å². The lowest BCUT2D eigenvalue weighted by Gasteiger charge is -1.99. The summed E-state index contributed by atoms with van der Waals surface area (Å²) >= 11 is 0. The summed E-state index contributed by atoms with van der Waals surface area (Å²) in [5.41, 5.74) is 1.97. The minimum atomic E-state index is 0.936. The van der Waals surface area contributed by atoms with Crippen molar-refractivity contribution in [2.24, 2.45) is 0 Å². The number of aromatic nitrogens is 1. The number of benzene rings is 2. The van der Waals surface area contributed by atoms with Crippen molar-refractivity contribution in [2.45, 2.75) is 0 Å². The van der Waals surface area contributed by atoms with Crippen molar-refractivity contribution in [2.75, 3.05) is 0 Å². The van der Waals surface area contributed by atoms with Crippen LogP contribution in [0.25, 0.3) is 21.8 Å². The predicted molar refractivity (Wildman–Crippen MR) is 58.1 cm³/mol. The van der Waals surface area contributed by atoms with E-state index in [-0.39, 0.29) is 0 Å². The molecular weight excluding hydrogens is 170 g/mol. The Morgan fingerprint density at radius 2 is 1.79 bits per heavy atom. The van der Waals surface area contributed by atoms with Crippen molar-refractivity contribution in [3.05, 3.63) is 54.6 Å². The first-order chi connectivity index (χ1) is 6.93. The molecule has 0 saturated heterocycles. The molecule has 2 aromatic carbocycles. The van der Waals surface area contributed by atoms with E-state index < -0.39 is 0 Å². The summed E-state index contributed by atoms with van der Waals surface area (Å²) in [5.74, 6) is 0. The zero-order valence-electron chi connectivity index (χ0n) is 7.57. The summed E-state index contributed by atoms with van der Waals surface area (Å²) in [6, 6.07) is 19.4. The second-order valence-corrected chi connectivity index (χ2v) is 3.29. The van der Waals surface area contributed by atoms with Gasteiger partial charge in [-0.15, -0.1) is 0 Å². The van der Waals surface area contributed by atoms with Crippen LogP contribution >= 0.6 is 0 Å². The summed E-state index contributed by atoms with van der Waals surface area (Å²) in [4.78, 5) is 4.52. The fourth-order valence-corrected chi connectivity index (χ4v) is 1.65. The average Bonchev–Trinajstić information content (AvgIpc) is 2.26. The largest absolute Gasteiger partial charge is 0.247 e. The summed E-state index contributed by atoms with van der Waals surface area (Å²) < 4.78 is 0. The summed E-state index contributed by atoms with van der Waals surface area (Å²) in [7, 11) is 0. The van der Waals surface area contributed by atoms with E-state index in [9.17, 15) is 0 Å². The van der Waals surface area contributed by atoms with E-state index in [1.54, 1.807) is 0 Å². The molecule has 1 aromatic heterocycles. The number of pyridine rings is 1. The molecular formula is C13H8N. The van der Waals surface area contributed by atoms with E-state index in [4.69, 9.17) is 0 Å². The van der Waals surface area contributed by atoms with Gasteiger partial charge in [0, 0.05) is 16.8 Å². The van der Waals surface area contributed by atoms with Gasteiger partial charge in [-0.2, -0.15) is 0 Å². The first kappa shape index (κ1) is 7.51. The maximum Gasteiger partial charge on any atom is 0.0788 e. The van der Waals surface area contributed by atoms with Crippen LogP contribution in [-0.2, 0) is 0 Å². The lowest BCUT2D eigenvalue weighted by molar-refractivity contribution is 1.49. The highest BCUT2D eigenvalue weighted by atomic mass is 14.7. The Balaban J connectivity index is 2.52. The third-order valence-corrected chi connectivity index (χ3v) is 2.35. The molecule has 3 rings (SSSR count). The van der Waals surface area contributed by atoms with E-state index in [1.165, 1.54) is 5.39 Å². The topological polar surface area (TPSA) is 12.9 Å². The molecule has 0 bridgehead atoms. The van der Waals surface area contributed by atoms with Gasteiger partial charge in [-0.05, 0) is 12.1 Å². The Bertz CT molecular complexity index is 494. The van der Waals surface area contributed by atoms with Gasteiger partial charge in [0.05, 0.1) is 11.0 Å². The van der Waals surface area contributed by atoms with Crippen molar-refractivity contribution in [3.8, 4) is 0 Å². The SMILES string of the molecule is [c]1cccc2cc3ccccc3nc12. The lowest BCUT2D eigenvalue weighted by atomic mass is 10.1. The Morgan fingerprint density at radius 1 is 0.929 bits per heavy atom.